The van der Waals surface area contributed by atoms with Gasteiger partial charge in [0, 0.05) is 0 Å². The van der Waals surface area contributed by atoms with Crippen LogP contribution in [-0.4, -0.2) is 7.85 Å². The van der Waals surface area contributed by atoms with Gasteiger partial charge in [0.25, 0.3) is 0 Å². The molecule has 1 heteroatoms. The second-order valence-corrected chi connectivity index (χ2v) is 5.07. The molecule has 2 radical (unpaired) electrons. The molecular weight excluding hydrogens is 167 g/mol. The van der Waals surface area contributed by atoms with E-state index in [1.165, 1.54) is 57.8 Å². The van der Waals surface area contributed by atoms with Crippen LogP contribution in [0, 0.1) is 5.92 Å². The fraction of sp³-hybridized carbons (Fsp3) is 1.00. The SMILES string of the molecule is [B]C1(C(CCC)CCC)CCCCC1. The van der Waals surface area contributed by atoms with Crippen molar-refractivity contribution < 1.29 is 0 Å². The number of hydrogen-bond donors (Lipinski definition) is 0. The summed E-state index contributed by atoms with van der Waals surface area (Å²) in [5.74, 6) is 0.790. The number of hydrogen-bond acceptors (Lipinski definition) is 0. The lowest BCUT2D eigenvalue weighted by molar-refractivity contribution is 0.241. The molecule has 0 atom stereocenters. The molecule has 0 bridgehead atoms. The largest absolute Gasteiger partial charge is 0.0750 e. The molecule has 0 spiro atoms. The molecular formula is C13H25B. The van der Waals surface area contributed by atoms with E-state index in [1.54, 1.807) is 0 Å². The van der Waals surface area contributed by atoms with Gasteiger partial charge in [-0.15, -0.1) is 0 Å². The molecule has 0 amide bonds. The Morgan fingerprint density at radius 3 is 1.93 bits per heavy atom. The van der Waals surface area contributed by atoms with Crippen molar-refractivity contribution in [3.63, 3.8) is 0 Å². The van der Waals surface area contributed by atoms with Gasteiger partial charge in [0.2, 0.25) is 0 Å². The zero-order valence-electron chi connectivity index (χ0n) is 10.0. The minimum absolute atomic E-state index is 0.199. The molecule has 0 saturated heterocycles. The van der Waals surface area contributed by atoms with Crippen molar-refractivity contribution in [2.45, 2.75) is 76.9 Å². The van der Waals surface area contributed by atoms with E-state index in [4.69, 9.17) is 7.85 Å². The molecule has 1 rings (SSSR count). The summed E-state index contributed by atoms with van der Waals surface area (Å²) < 4.78 is 0. The van der Waals surface area contributed by atoms with Crippen LogP contribution in [0.4, 0.5) is 0 Å². The Kier molecular flexibility index (Phi) is 5.05. The molecule has 0 unspecified atom stereocenters. The Morgan fingerprint density at radius 2 is 1.50 bits per heavy atom. The van der Waals surface area contributed by atoms with Crippen molar-refractivity contribution in [2.24, 2.45) is 5.92 Å². The van der Waals surface area contributed by atoms with E-state index in [9.17, 15) is 0 Å². The summed E-state index contributed by atoms with van der Waals surface area (Å²) in [4.78, 5) is 0. The Labute approximate surface area is 91.3 Å². The van der Waals surface area contributed by atoms with Crippen molar-refractivity contribution in [2.75, 3.05) is 0 Å². The lowest BCUT2D eigenvalue weighted by atomic mass is 9.52. The van der Waals surface area contributed by atoms with E-state index >= 15 is 0 Å². The predicted molar refractivity (Wildman–Crippen MR) is 64.8 cm³/mol. The second kappa shape index (κ2) is 5.83. The molecule has 0 nitrogen and oxygen atoms in total. The van der Waals surface area contributed by atoms with Crippen LogP contribution in [0.5, 0.6) is 0 Å². The fourth-order valence-corrected chi connectivity index (χ4v) is 3.03. The summed E-state index contributed by atoms with van der Waals surface area (Å²) in [6.07, 6.45) is 11.9. The van der Waals surface area contributed by atoms with E-state index in [-0.39, 0.29) is 5.31 Å². The quantitative estimate of drug-likeness (QED) is 0.563. The predicted octanol–water partition coefficient (Wildman–Crippen LogP) is 4.49. The van der Waals surface area contributed by atoms with Gasteiger partial charge in [-0.1, -0.05) is 76.9 Å². The second-order valence-electron chi connectivity index (χ2n) is 5.07. The van der Waals surface area contributed by atoms with Gasteiger partial charge in [0.05, 0.1) is 7.85 Å². The van der Waals surface area contributed by atoms with Gasteiger partial charge in [-0.05, 0) is 5.92 Å². The third kappa shape index (κ3) is 3.03. The van der Waals surface area contributed by atoms with Crippen molar-refractivity contribution in [3.8, 4) is 0 Å². The van der Waals surface area contributed by atoms with Crippen LogP contribution < -0.4 is 0 Å². The average Bonchev–Trinajstić information content (AvgIpc) is 2.19. The summed E-state index contributed by atoms with van der Waals surface area (Å²) in [6.45, 7) is 4.57. The lowest BCUT2D eigenvalue weighted by Crippen LogP contribution is -2.26. The molecule has 0 aromatic carbocycles. The van der Waals surface area contributed by atoms with Crippen LogP contribution in [-0.2, 0) is 0 Å². The van der Waals surface area contributed by atoms with Crippen LogP contribution >= 0.6 is 0 Å². The minimum Gasteiger partial charge on any atom is -0.0654 e. The average molecular weight is 192 g/mol. The molecule has 1 saturated carbocycles. The van der Waals surface area contributed by atoms with Gasteiger partial charge in [0.15, 0.2) is 0 Å². The maximum atomic E-state index is 6.58. The molecule has 80 valence electrons. The monoisotopic (exact) mass is 192 g/mol. The topological polar surface area (TPSA) is 0 Å². The van der Waals surface area contributed by atoms with E-state index < -0.39 is 0 Å². The molecule has 0 aromatic rings. The lowest BCUT2D eigenvalue weighted by Gasteiger charge is -2.41. The van der Waals surface area contributed by atoms with Gasteiger partial charge in [-0.3, -0.25) is 0 Å². The van der Waals surface area contributed by atoms with Crippen LogP contribution in [0.25, 0.3) is 0 Å². The fourth-order valence-electron chi connectivity index (χ4n) is 3.03. The molecule has 0 aliphatic heterocycles. The standard InChI is InChI=1S/C13H25B/c1-3-8-12(9-4-2)13(14)10-6-5-7-11-13/h12H,3-11H2,1-2H3. The first-order chi connectivity index (χ1) is 6.73. The van der Waals surface area contributed by atoms with Crippen LogP contribution in [0.3, 0.4) is 0 Å². The van der Waals surface area contributed by atoms with Crippen molar-refractivity contribution >= 4 is 7.85 Å². The normalized spacial score (nSPS) is 21.4. The molecule has 1 aliphatic carbocycles. The Balaban J connectivity index is 2.53. The smallest absolute Gasteiger partial charge is 0.0654 e. The highest BCUT2D eigenvalue weighted by atomic mass is 14.3. The van der Waals surface area contributed by atoms with Crippen LogP contribution in [0.1, 0.15) is 71.6 Å². The highest BCUT2D eigenvalue weighted by molar-refractivity contribution is 6.15. The highest BCUT2D eigenvalue weighted by Crippen LogP contribution is 2.49. The van der Waals surface area contributed by atoms with Gasteiger partial charge >= 0.3 is 0 Å². The van der Waals surface area contributed by atoms with Crippen molar-refractivity contribution in [1.82, 2.24) is 0 Å². The summed E-state index contributed by atoms with van der Waals surface area (Å²) in [5, 5.41) is 0.199. The van der Waals surface area contributed by atoms with Gasteiger partial charge in [-0.2, -0.15) is 0 Å². The van der Waals surface area contributed by atoms with Crippen molar-refractivity contribution in [3.05, 3.63) is 0 Å². The summed E-state index contributed by atoms with van der Waals surface area (Å²) >= 11 is 0. The minimum atomic E-state index is 0.199. The van der Waals surface area contributed by atoms with E-state index in [0.29, 0.717) is 0 Å². The molecule has 0 aromatic heterocycles. The zero-order valence-corrected chi connectivity index (χ0v) is 10.0. The Bertz CT molecular complexity index is 141. The maximum Gasteiger partial charge on any atom is 0.0750 e. The Hall–Kier alpha value is 0.0649. The molecule has 0 heterocycles. The zero-order chi connectivity index (χ0) is 10.4. The van der Waals surface area contributed by atoms with Gasteiger partial charge < -0.3 is 0 Å². The summed E-state index contributed by atoms with van der Waals surface area (Å²) in [5.41, 5.74) is 0. The third-order valence-corrected chi connectivity index (χ3v) is 3.87. The molecule has 1 fully saturated rings. The molecule has 14 heavy (non-hydrogen) atoms. The van der Waals surface area contributed by atoms with Gasteiger partial charge in [-0.25, -0.2) is 0 Å². The van der Waals surface area contributed by atoms with Crippen LogP contribution in [0.2, 0.25) is 5.31 Å². The summed E-state index contributed by atoms with van der Waals surface area (Å²) in [6, 6.07) is 0. The number of rotatable bonds is 5. The maximum absolute atomic E-state index is 6.58. The van der Waals surface area contributed by atoms with E-state index in [2.05, 4.69) is 13.8 Å². The third-order valence-electron chi connectivity index (χ3n) is 3.87. The van der Waals surface area contributed by atoms with Crippen LogP contribution in [0.15, 0.2) is 0 Å². The first-order valence-corrected chi connectivity index (χ1v) is 6.52. The molecule has 1 aliphatic rings. The Morgan fingerprint density at radius 1 is 1.00 bits per heavy atom. The highest BCUT2D eigenvalue weighted by Gasteiger charge is 2.33. The van der Waals surface area contributed by atoms with E-state index in [1.807, 2.05) is 0 Å². The summed E-state index contributed by atoms with van der Waals surface area (Å²) in [7, 11) is 6.58. The molecule has 0 N–H and O–H groups in total. The first-order valence-electron chi connectivity index (χ1n) is 6.52. The van der Waals surface area contributed by atoms with E-state index in [0.717, 1.165) is 5.92 Å². The van der Waals surface area contributed by atoms with Crippen molar-refractivity contribution in [1.29, 1.82) is 0 Å². The first kappa shape index (κ1) is 12.1. The van der Waals surface area contributed by atoms with Gasteiger partial charge in [0.1, 0.15) is 0 Å².